The number of rotatable bonds is 5. The zero-order valence-electron chi connectivity index (χ0n) is 18.5. The van der Waals surface area contributed by atoms with Crippen LogP contribution in [-0.2, 0) is 34.8 Å². The summed E-state index contributed by atoms with van der Waals surface area (Å²) in [6.45, 7) is 3.12. The quantitative estimate of drug-likeness (QED) is 0.403. The molecule has 34 heavy (non-hydrogen) atoms. The molecule has 3 aromatic heterocycles. The van der Waals surface area contributed by atoms with Gasteiger partial charge in [-0.2, -0.15) is 0 Å². The summed E-state index contributed by atoms with van der Waals surface area (Å²) in [7, 11) is 0. The maximum Gasteiger partial charge on any atom is 0.343 e. The predicted molar refractivity (Wildman–Crippen MR) is 122 cm³/mol. The zero-order chi connectivity index (χ0) is 23.4. The Morgan fingerprint density at radius 2 is 2.12 bits per heavy atom. The SMILES string of the molecule is CC[C@@]1(O)C(=O)OCc2c1cc1n(c2=O)Cc2cc3cc(OCCn4ccnc4)ccc3nc2-1. The molecule has 4 aromatic rings. The fraction of sp³-hybridized carbons (Fsp3) is 0.280. The number of cyclic esters (lactones) is 1. The number of hydrogen-bond acceptors (Lipinski definition) is 7. The highest BCUT2D eigenvalue weighted by molar-refractivity contribution is 5.87. The van der Waals surface area contributed by atoms with Crippen molar-refractivity contribution in [3.05, 3.63) is 76.1 Å². The van der Waals surface area contributed by atoms with Gasteiger partial charge in [-0.3, -0.25) is 4.79 Å². The van der Waals surface area contributed by atoms with E-state index in [1.807, 2.05) is 35.0 Å². The average Bonchev–Trinajstić information content (AvgIpc) is 3.48. The van der Waals surface area contributed by atoms with Gasteiger partial charge in [-0.05, 0) is 36.8 Å². The number of benzene rings is 1. The molecule has 0 saturated heterocycles. The summed E-state index contributed by atoms with van der Waals surface area (Å²) in [5.74, 6) is 0.0123. The zero-order valence-corrected chi connectivity index (χ0v) is 18.5. The number of carbonyl (C=O) groups excluding carboxylic acids is 1. The number of ether oxygens (including phenoxy) is 2. The highest BCUT2D eigenvalue weighted by Gasteiger charge is 2.45. The molecule has 2 aliphatic rings. The van der Waals surface area contributed by atoms with Crippen LogP contribution in [0.15, 0.2) is 53.8 Å². The molecule has 0 aliphatic carbocycles. The molecule has 0 spiro atoms. The lowest BCUT2D eigenvalue weighted by molar-refractivity contribution is -0.172. The fourth-order valence-electron chi connectivity index (χ4n) is 4.74. The van der Waals surface area contributed by atoms with E-state index in [1.54, 1.807) is 30.1 Å². The molecule has 1 atom stereocenters. The van der Waals surface area contributed by atoms with Crippen molar-refractivity contribution in [2.24, 2.45) is 0 Å². The molecule has 0 saturated carbocycles. The molecule has 1 aromatic carbocycles. The van der Waals surface area contributed by atoms with E-state index < -0.39 is 11.6 Å². The second kappa shape index (κ2) is 7.53. The van der Waals surface area contributed by atoms with E-state index >= 15 is 0 Å². The van der Waals surface area contributed by atoms with Gasteiger partial charge in [0.15, 0.2) is 5.60 Å². The molecule has 5 heterocycles. The number of carbonyl (C=O) groups is 1. The third-order valence-corrected chi connectivity index (χ3v) is 6.66. The lowest BCUT2D eigenvalue weighted by atomic mass is 9.86. The summed E-state index contributed by atoms with van der Waals surface area (Å²) in [5, 5.41) is 11.9. The summed E-state index contributed by atoms with van der Waals surface area (Å²) in [6, 6.07) is 9.44. The largest absolute Gasteiger partial charge is 0.492 e. The van der Waals surface area contributed by atoms with Gasteiger partial charge in [0.2, 0.25) is 0 Å². The van der Waals surface area contributed by atoms with Gasteiger partial charge in [0.1, 0.15) is 19.0 Å². The van der Waals surface area contributed by atoms with Crippen LogP contribution in [0.3, 0.4) is 0 Å². The van der Waals surface area contributed by atoms with E-state index in [-0.39, 0.29) is 18.6 Å². The van der Waals surface area contributed by atoms with Crippen LogP contribution >= 0.6 is 0 Å². The van der Waals surface area contributed by atoms with Crippen molar-refractivity contribution in [3.63, 3.8) is 0 Å². The summed E-state index contributed by atoms with van der Waals surface area (Å²) in [6.07, 6.45) is 5.48. The highest BCUT2D eigenvalue weighted by Crippen LogP contribution is 2.38. The van der Waals surface area contributed by atoms with Crippen molar-refractivity contribution >= 4 is 16.9 Å². The summed E-state index contributed by atoms with van der Waals surface area (Å²) in [5.41, 5.74) is 1.49. The molecule has 0 radical (unpaired) electrons. The normalized spacial score (nSPS) is 18.4. The van der Waals surface area contributed by atoms with E-state index in [0.29, 0.717) is 42.2 Å². The van der Waals surface area contributed by atoms with Crippen molar-refractivity contribution in [1.29, 1.82) is 0 Å². The van der Waals surface area contributed by atoms with Gasteiger partial charge in [-0.15, -0.1) is 0 Å². The Bertz CT molecular complexity index is 1510. The van der Waals surface area contributed by atoms with Crippen LogP contribution in [-0.4, -0.2) is 36.8 Å². The first-order valence-corrected chi connectivity index (χ1v) is 11.2. The summed E-state index contributed by atoms with van der Waals surface area (Å²) < 4.78 is 14.6. The molecule has 0 amide bonds. The maximum absolute atomic E-state index is 13.3. The smallest absolute Gasteiger partial charge is 0.343 e. The monoisotopic (exact) mass is 458 g/mol. The molecule has 0 fully saturated rings. The Hall–Kier alpha value is -3.98. The Kier molecular flexibility index (Phi) is 4.56. The first kappa shape index (κ1) is 20.6. The Balaban J connectivity index is 1.37. The fourth-order valence-corrected chi connectivity index (χ4v) is 4.74. The van der Waals surface area contributed by atoms with Gasteiger partial charge in [0.25, 0.3) is 5.56 Å². The minimum Gasteiger partial charge on any atom is -0.492 e. The van der Waals surface area contributed by atoms with Gasteiger partial charge >= 0.3 is 5.97 Å². The molecular weight excluding hydrogens is 436 g/mol. The molecule has 9 nitrogen and oxygen atoms in total. The Morgan fingerprint density at radius 1 is 1.24 bits per heavy atom. The minimum absolute atomic E-state index is 0.114. The van der Waals surface area contributed by atoms with Gasteiger partial charge in [-0.25, -0.2) is 14.8 Å². The lowest BCUT2D eigenvalue weighted by Gasteiger charge is -2.31. The number of hydrogen-bond donors (Lipinski definition) is 1. The number of aliphatic hydroxyl groups is 1. The summed E-state index contributed by atoms with van der Waals surface area (Å²) >= 11 is 0. The Labute approximate surface area is 194 Å². The molecule has 0 unspecified atom stereocenters. The maximum atomic E-state index is 13.3. The second-order valence-corrected chi connectivity index (χ2v) is 8.60. The topological polar surface area (TPSA) is 108 Å². The molecule has 6 rings (SSSR count). The van der Waals surface area contributed by atoms with Crippen molar-refractivity contribution < 1.29 is 19.4 Å². The van der Waals surface area contributed by atoms with Crippen molar-refractivity contribution in [1.82, 2.24) is 19.1 Å². The van der Waals surface area contributed by atoms with Gasteiger partial charge < -0.3 is 23.7 Å². The number of fused-ring (bicyclic) bond motifs is 5. The second-order valence-electron chi connectivity index (χ2n) is 8.60. The van der Waals surface area contributed by atoms with E-state index in [1.165, 1.54) is 0 Å². The third-order valence-electron chi connectivity index (χ3n) is 6.66. The molecule has 172 valence electrons. The Morgan fingerprint density at radius 3 is 2.91 bits per heavy atom. The van der Waals surface area contributed by atoms with Crippen LogP contribution in [0.2, 0.25) is 0 Å². The minimum atomic E-state index is -1.83. The highest BCUT2D eigenvalue weighted by atomic mass is 16.6. The van der Waals surface area contributed by atoms with E-state index in [0.717, 1.165) is 22.2 Å². The van der Waals surface area contributed by atoms with Crippen LogP contribution in [0.4, 0.5) is 0 Å². The molecule has 2 aliphatic heterocycles. The average molecular weight is 458 g/mol. The number of pyridine rings is 2. The number of nitrogens with zero attached hydrogens (tertiary/aromatic N) is 4. The van der Waals surface area contributed by atoms with Crippen LogP contribution < -0.4 is 10.3 Å². The molecule has 0 bridgehead atoms. The van der Waals surface area contributed by atoms with E-state index in [2.05, 4.69) is 4.98 Å². The first-order valence-electron chi connectivity index (χ1n) is 11.2. The van der Waals surface area contributed by atoms with E-state index in [4.69, 9.17) is 14.5 Å². The van der Waals surface area contributed by atoms with Crippen LogP contribution in [0.1, 0.15) is 30.0 Å². The van der Waals surface area contributed by atoms with Crippen LogP contribution in [0.5, 0.6) is 5.75 Å². The number of imidazole rings is 1. The van der Waals surface area contributed by atoms with Crippen LogP contribution in [0, 0.1) is 0 Å². The van der Waals surface area contributed by atoms with Gasteiger partial charge in [0, 0.05) is 28.9 Å². The first-order chi connectivity index (χ1) is 16.5. The van der Waals surface area contributed by atoms with Gasteiger partial charge in [-0.1, -0.05) is 6.92 Å². The number of aromatic nitrogens is 4. The standard InChI is InChI=1S/C25H22N4O5/c1-2-25(32)19-11-21-22-16(12-29(21)23(30)18(19)13-34-24(25)31)9-15-10-17(3-4-20(15)27-22)33-8-7-28-6-5-26-14-28/h3-6,9-11,14,32H,2,7-8,12-13H2,1H3/t25-/m0/s1. The summed E-state index contributed by atoms with van der Waals surface area (Å²) in [4.78, 5) is 34.4. The van der Waals surface area contributed by atoms with E-state index in [9.17, 15) is 14.7 Å². The molecule has 9 heteroatoms. The van der Waals surface area contributed by atoms with Crippen molar-refractivity contribution in [3.8, 4) is 17.1 Å². The van der Waals surface area contributed by atoms with Crippen molar-refractivity contribution in [2.75, 3.05) is 6.61 Å². The molecular formula is C25H22N4O5. The predicted octanol–water partition coefficient (Wildman–Crippen LogP) is 2.36. The molecule has 1 N–H and O–H groups in total. The lowest BCUT2D eigenvalue weighted by Crippen LogP contribution is -2.44. The van der Waals surface area contributed by atoms with Crippen LogP contribution in [0.25, 0.3) is 22.3 Å². The number of esters is 1. The van der Waals surface area contributed by atoms with Gasteiger partial charge in [0.05, 0.1) is 41.9 Å². The third kappa shape index (κ3) is 3.04. The van der Waals surface area contributed by atoms with Crippen molar-refractivity contribution in [2.45, 2.75) is 38.6 Å².